The predicted molar refractivity (Wildman–Crippen MR) is 108 cm³/mol. The minimum atomic E-state index is -0.385. The maximum absolute atomic E-state index is 11.2. The van der Waals surface area contributed by atoms with Gasteiger partial charge in [-0.15, -0.1) is 0 Å². The molecular formula is C19H23N5O4. The molecule has 0 amide bonds. The van der Waals surface area contributed by atoms with E-state index in [0.29, 0.717) is 17.9 Å². The van der Waals surface area contributed by atoms with Crippen LogP contribution in [-0.2, 0) is 0 Å². The van der Waals surface area contributed by atoms with Crippen LogP contribution < -0.4 is 10.2 Å². The molecule has 2 aromatic rings. The molecule has 0 saturated carbocycles. The highest BCUT2D eigenvalue weighted by atomic mass is 16.6. The number of hydrogen-bond donors (Lipinski definition) is 1. The van der Waals surface area contributed by atoms with Crippen molar-refractivity contribution >= 4 is 22.7 Å². The second kappa shape index (κ2) is 9.14. The van der Waals surface area contributed by atoms with E-state index in [1.165, 1.54) is 12.1 Å². The van der Waals surface area contributed by atoms with Crippen molar-refractivity contribution in [1.82, 2.24) is 4.90 Å². The lowest BCUT2D eigenvalue weighted by molar-refractivity contribution is -0.384. The quantitative estimate of drug-likeness (QED) is 0.423. The van der Waals surface area contributed by atoms with Gasteiger partial charge in [-0.2, -0.15) is 0 Å². The molecule has 0 spiro atoms. The monoisotopic (exact) mass is 385 g/mol. The molecule has 0 radical (unpaired) electrons. The van der Waals surface area contributed by atoms with Crippen molar-refractivity contribution in [2.24, 2.45) is 0 Å². The smallest absolute Gasteiger partial charge is 0.292 e. The van der Waals surface area contributed by atoms with Gasteiger partial charge in [0.2, 0.25) is 0 Å². The molecule has 1 saturated heterocycles. The van der Waals surface area contributed by atoms with E-state index in [2.05, 4.69) is 15.1 Å². The summed E-state index contributed by atoms with van der Waals surface area (Å²) < 4.78 is 0. The number of para-hydroxylation sites is 4. The molecule has 148 valence electrons. The lowest BCUT2D eigenvalue weighted by Gasteiger charge is -2.35. The Bertz CT molecular complexity index is 837. The Morgan fingerprint density at radius 2 is 1.46 bits per heavy atom. The second-order valence-corrected chi connectivity index (χ2v) is 6.63. The number of nitrogens with one attached hydrogen (secondary N) is 1. The van der Waals surface area contributed by atoms with Gasteiger partial charge in [0.25, 0.3) is 11.4 Å². The lowest BCUT2D eigenvalue weighted by Crippen LogP contribution is -2.47. The van der Waals surface area contributed by atoms with Crippen LogP contribution in [0, 0.1) is 20.2 Å². The fourth-order valence-corrected chi connectivity index (χ4v) is 3.41. The van der Waals surface area contributed by atoms with E-state index in [4.69, 9.17) is 0 Å². The van der Waals surface area contributed by atoms with Gasteiger partial charge in [0.1, 0.15) is 11.4 Å². The van der Waals surface area contributed by atoms with Crippen molar-refractivity contribution in [3.63, 3.8) is 0 Å². The Hall–Kier alpha value is -3.20. The fraction of sp³-hybridized carbons (Fsp3) is 0.368. The fourth-order valence-electron chi connectivity index (χ4n) is 3.41. The van der Waals surface area contributed by atoms with Gasteiger partial charge in [0.15, 0.2) is 0 Å². The molecule has 1 heterocycles. The summed E-state index contributed by atoms with van der Waals surface area (Å²) in [6, 6.07) is 13.5. The van der Waals surface area contributed by atoms with Crippen LogP contribution in [0.15, 0.2) is 48.5 Å². The van der Waals surface area contributed by atoms with Crippen LogP contribution in [0.3, 0.4) is 0 Å². The van der Waals surface area contributed by atoms with Gasteiger partial charge in [-0.3, -0.25) is 25.1 Å². The molecule has 2 aromatic carbocycles. The molecule has 0 aliphatic carbocycles. The first kappa shape index (κ1) is 19.6. The SMILES string of the molecule is O=[N+]([O-])c1ccccc1NCCCN1CCN(c2ccccc2[N+](=O)[O-])CC1. The zero-order chi connectivity index (χ0) is 19.9. The Kier molecular flexibility index (Phi) is 6.38. The van der Waals surface area contributed by atoms with Gasteiger partial charge in [-0.25, -0.2) is 0 Å². The van der Waals surface area contributed by atoms with Gasteiger partial charge in [-0.1, -0.05) is 24.3 Å². The summed E-state index contributed by atoms with van der Waals surface area (Å²) in [6.45, 7) is 4.66. The highest BCUT2D eigenvalue weighted by molar-refractivity contribution is 5.63. The first-order chi connectivity index (χ1) is 13.6. The molecule has 28 heavy (non-hydrogen) atoms. The number of nitro benzene ring substituents is 2. The third-order valence-electron chi connectivity index (χ3n) is 4.86. The standard InChI is InChI=1S/C19H23N5O4/c25-23(26)17-7-2-1-6-16(17)20-10-5-11-21-12-14-22(15-13-21)18-8-3-4-9-19(18)24(27)28/h1-4,6-9,20H,5,10-15H2. The molecule has 0 bridgehead atoms. The number of nitrogens with zero attached hydrogens (tertiary/aromatic N) is 4. The highest BCUT2D eigenvalue weighted by Crippen LogP contribution is 2.28. The van der Waals surface area contributed by atoms with E-state index >= 15 is 0 Å². The topological polar surface area (TPSA) is 105 Å². The normalized spacial score (nSPS) is 14.6. The summed E-state index contributed by atoms with van der Waals surface area (Å²) in [5, 5.41) is 25.4. The van der Waals surface area contributed by atoms with Crippen molar-refractivity contribution in [1.29, 1.82) is 0 Å². The molecule has 1 fully saturated rings. The Labute approximate surface area is 162 Å². The minimum absolute atomic E-state index is 0.0839. The molecule has 0 unspecified atom stereocenters. The van der Waals surface area contributed by atoms with Crippen LogP contribution in [0.5, 0.6) is 0 Å². The third kappa shape index (κ3) is 4.74. The number of rotatable bonds is 8. The van der Waals surface area contributed by atoms with Crippen molar-refractivity contribution in [2.45, 2.75) is 6.42 Å². The maximum atomic E-state index is 11.2. The van der Waals surface area contributed by atoms with E-state index in [1.54, 1.807) is 30.3 Å². The first-order valence-electron chi connectivity index (χ1n) is 9.24. The highest BCUT2D eigenvalue weighted by Gasteiger charge is 2.23. The van der Waals surface area contributed by atoms with Gasteiger partial charge >= 0.3 is 0 Å². The van der Waals surface area contributed by atoms with Gasteiger partial charge < -0.3 is 10.2 Å². The van der Waals surface area contributed by atoms with Crippen LogP contribution in [-0.4, -0.2) is 54.0 Å². The van der Waals surface area contributed by atoms with Crippen molar-refractivity contribution in [3.8, 4) is 0 Å². The zero-order valence-electron chi connectivity index (χ0n) is 15.5. The van der Waals surface area contributed by atoms with Crippen LogP contribution in [0.1, 0.15) is 6.42 Å². The molecule has 9 nitrogen and oxygen atoms in total. The van der Waals surface area contributed by atoms with E-state index < -0.39 is 0 Å². The number of benzene rings is 2. The average Bonchev–Trinajstić information content (AvgIpc) is 2.72. The van der Waals surface area contributed by atoms with E-state index in [9.17, 15) is 20.2 Å². The van der Waals surface area contributed by atoms with Crippen LogP contribution in [0.2, 0.25) is 0 Å². The summed E-state index contributed by atoms with van der Waals surface area (Å²) in [7, 11) is 0. The summed E-state index contributed by atoms with van der Waals surface area (Å²) in [4.78, 5) is 25.9. The number of hydrogen-bond acceptors (Lipinski definition) is 7. The number of nitro groups is 2. The molecule has 9 heteroatoms. The first-order valence-corrected chi connectivity index (χ1v) is 9.24. The lowest BCUT2D eigenvalue weighted by atomic mass is 10.2. The summed E-state index contributed by atoms with van der Waals surface area (Å²) in [5.41, 5.74) is 1.43. The molecule has 0 atom stereocenters. The Morgan fingerprint density at radius 3 is 2.14 bits per heavy atom. The Balaban J connectivity index is 1.45. The molecule has 1 aliphatic heterocycles. The molecule has 1 N–H and O–H groups in total. The van der Waals surface area contributed by atoms with Crippen molar-refractivity contribution in [2.75, 3.05) is 49.5 Å². The largest absolute Gasteiger partial charge is 0.379 e. The molecule has 3 rings (SSSR count). The second-order valence-electron chi connectivity index (χ2n) is 6.63. The predicted octanol–water partition coefficient (Wildman–Crippen LogP) is 3.13. The third-order valence-corrected chi connectivity index (χ3v) is 4.86. The van der Waals surface area contributed by atoms with Crippen LogP contribution >= 0.6 is 0 Å². The Morgan fingerprint density at radius 1 is 0.857 bits per heavy atom. The molecular weight excluding hydrogens is 362 g/mol. The van der Waals surface area contributed by atoms with E-state index in [-0.39, 0.29) is 21.2 Å². The van der Waals surface area contributed by atoms with Gasteiger partial charge in [0.05, 0.1) is 9.85 Å². The van der Waals surface area contributed by atoms with Crippen molar-refractivity contribution < 1.29 is 9.85 Å². The maximum Gasteiger partial charge on any atom is 0.292 e. The summed E-state index contributed by atoms with van der Waals surface area (Å²) in [5.74, 6) is 0. The van der Waals surface area contributed by atoms with E-state index in [1.807, 2.05) is 6.07 Å². The summed E-state index contributed by atoms with van der Waals surface area (Å²) in [6.07, 6.45) is 0.859. The van der Waals surface area contributed by atoms with E-state index in [0.717, 1.165) is 39.1 Å². The number of anilines is 2. The molecule has 0 aromatic heterocycles. The summed E-state index contributed by atoms with van der Waals surface area (Å²) >= 11 is 0. The molecule has 1 aliphatic rings. The van der Waals surface area contributed by atoms with Crippen LogP contribution in [0.4, 0.5) is 22.7 Å². The van der Waals surface area contributed by atoms with Crippen LogP contribution in [0.25, 0.3) is 0 Å². The average molecular weight is 385 g/mol. The zero-order valence-corrected chi connectivity index (χ0v) is 15.5. The number of piperazine rings is 1. The van der Waals surface area contributed by atoms with Crippen molar-refractivity contribution in [3.05, 3.63) is 68.8 Å². The van der Waals surface area contributed by atoms with Gasteiger partial charge in [-0.05, 0) is 25.1 Å². The van der Waals surface area contributed by atoms with Gasteiger partial charge in [0, 0.05) is 44.9 Å². The minimum Gasteiger partial charge on any atom is -0.379 e.